The Bertz CT molecular complexity index is 626. The van der Waals surface area contributed by atoms with Gasteiger partial charge in [0, 0.05) is 21.3 Å². The average Bonchev–Trinajstić information content (AvgIpc) is 3.06. The number of hydrogen-bond acceptors (Lipinski definition) is 2. The van der Waals surface area contributed by atoms with Gasteiger partial charge in [0.2, 0.25) is 0 Å². The second kappa shape index (κ2) is 8.62. The first-order valence-corrected chi connectivity index (χ1v) is 14.3. The number of alkyl halides is 1. The summed E-state index contributed by atoms with van der Waals surface area (Å²) in [6, 6.07) is 0. The molecular weight excluding hydrogens is 490 g/mol. The molecule has 0 radical (unpaired) electrons. The van der Waals surface area contributed by atoms with Crippen LogP contribution in [0.25, 0.3) is 0 Å². The first kappa shape index (κ1) is 23.0. The summed E-state index contributed by atoms with van der Waals surface area (Å²) in [4.78, 5) is 14.0. The quantitative estimate of drug-likeness (QED) is 0.215. The second-order valence-corrected chi connectivity index (χ2v) is 12.8. The van der Waals surface area contributed by atoms with Crippen LogP contribution in [0.4, 0.5) is 0 Å². The molecule has 0 aliphatic heterocycles. The third-order valence-electron chi connectivity index (χ3n) is 10.6. The molecule has 4 aliphatic rings. The Labute approximate surface area is 194 Å². The number of carbonyl (C=O) groups is 1. The number of carbonyl (C=O) groups excluding carboxylic acids is 1. The number of halogens is 1. The van der Waals surface area contributed by atoms with Crippen molar-refractivity contribution in [3.63, 3.8) is 0 Å². The van der Waals surface area contributed by atoms with E-state index in [-0.39, 0.29) is 5.92 Å². The van der Waals surface area contributed by atoms with E-state index in [0.29, 0.717) is 46.4 Å². The first-order valence-electron chi connectivity index (χ1n) is 12.3. The van der Waals surface area contributed by atoms with Crippen molar-refractivity contribution in [2.75, 3.05) is 4.43 Å². The predicted octanol–water partition coefficient (Wildman–Crippen LogP) is 7.10. The Balaban J connectivity index is 1.66. The molecule has 29 heavy (non-hydrogen) atoms. The minimum absolute atomic E-state index is 0.261. The SMILES string of the molecule is CC[C@H]1C(=O)C2C3CCC([C@H](C)CCI)[C@@]3(C)CCC2[C@@]2(C)CC[C@@H](OP)CC12. The molecule has 0 saturated heterocycles. The lowest BCUT2D eigenvalue weighted by Gasteiger charge is -2.62. The van der Waals surface area contributed by atoms with Gasteiger partial charge in [-0.15, -0.1) is 0 Å². The Kier molecular flexibility index (Phi) is 6.83. The van der Waals surface area contributed by atoms with Gasteiger partial charge in [0.15, 0.2) is 0 Å². The number of fused-ring (bicyclic) bond motifs is 5. The van der Waals surface area contributed by atoms with Crippen molar-refractivity contribution >= 4 is 37.8 Å². The lowest BCUT2D eigenvalue weighted by Crippen LogP contribution is -2.60. The molecule has 0 aromatic heterocycles. The van der Waals surface area contributed by atoms with Crippen LogP contribution in [0.3, 0.4) is 0 Å². The van der Waals surface area contributed by atoms with Crippen molar-refractivity contribution in [2.24, 2.45) is 52.3 Å². The average molecular weight is 532 g/mol. The van der Waals surface area contributed by atoms with Crippen molar-refractivity contribution in [1.29, 1.82) is 0 Å². The van der Waals surface area contributed by atoms with Crippen LogP contribution in [0, 0.1) is 52.3 Å². The third kappa shape index (κ3) is 3.50. The van der Waals surface area contributed by atoms with Gasteiger partial charge >= 0.3 is 0 Å². The molecule has 4 saturated carbocycles. The summed E-state index contributed by atoms with van der Waals surface area (Å²) < 4.78 is 6.96. The van der Waals surface area contributed by atoms with E-state index in [1.54, 1.807) is 0 Å². The molecule has 0 heterocycles. The van der Waals surface area contributed by atoms with Crippen LogP contribution in [0.1, 0.15) is 85.5 Å². The van der Waals surface area contributed by atoms with Crippen molar-refractivity contribution in [1.82, 2.24) is 0 Å². The first-order chi connectivity index (χ1) is 13.8. The Morgan fingerprint density at radius 2 is 1.79 bits per heavy atom. The molecule has 11 atom stereocenters. The smallest absolute Gasteiger partial charge is 0.139 e. The van der Waals surface area contributed by atoms with E-state index in [1.165, 1.54) is 49.4 Å². The summed E-state index contributed by atoms with van der Waals surface area (Å²) >= 11 is 2.54. The van der Waals surface area contributed by atoms with E-state index in [2.05, 4.69) is 59.8 Å². The van der Waals surface area contributed by atoms with Crippen molar-refractivity contribution in [3.8, 4) is 0 Å². The van der Waals surface area contributed by atoms with Gasteiger partial charge in [-0.05, 0) is 103 Å². The molecule has 0 spiro atoms. The highest BCUT2D eigenvalue weighted by atomic mass is 127. The van der Waals surface area contributed by atoms with Crippen LogP contribution in [0.15, 0.2) is 0 Å². The Morgan fingerprint density at radius 1 is 1.10 bits per heavy atom. The van der Waals surface area contributed by atoms with Crippen molar-refractivity contribution in [3.05, 3.63) is 0 Å². The van der Waals surface area contributed by atoms with Crippen LogP contribution in [-0.4, -0.2) is 16.3 Å². The van der Waals surface area contributed by atoms with Crippen LogP contribution >= 0.6 is 32.1 Å². The van der Waals surface area contributed by atoms with Crippen molar-refractivity contribution in [2.45, 2.75) is 91.6 Å². The van der Waals surface area contributed by atoms with E-state index in [9.17, 15) is 4.79 Å². The number of ketones is 1. The van der Waals surface area contributed by atoms with Gasteiger partial charge in [-0.3, -0.25) is 4.79 Å². The highest BCUT2D eigenvalue weighted by Gasteiger charge is 2.65. The van der Waals surface area contributed by atoms with Gasteiger partial charge in [-0.25, -0.2) is 0 Å². The maximum absolute atomic E-state index is 14.0. The van der Waals surface area contributed by atoms with Gasteiger partial charge in [-0.1, -0.05) is 50.3 Å². The zero-order valence-corrected chi connectivity index (χ0v) is 22.3. The molecule has 0 bridgehead atoms. The van der Waals surface area contributed by atoms with Crippen LogP contribution < -0.4 is 0 Å². The van der Waals surface area contributed by atoms with Crippen LogP contribution in [0.2, 0.25) is 0 Å². The summed E-state index contributed by atoms with van der Waals surface area (Å²) in [5.74, 6) is 4.66. The molecule has 0 aromatic carbocycles. The molecule has 6 unspecified atom stereocenters. The maximum Gasteiger partial charge on any atom is 0.139 e. The lowest BCUT2D eigenvalue weighted by molar-refractivity contribution is -0.172. The molecule has 166 valence electrons. The lowest BCUT2D eigenvalue weighted by atomic mass is 9.42. The molecule has 4 aliphatic carbocycles. The van der Waals surface area contributed by atoms with E-state index >= 15 is 0 Å². The molecule has 2 nitrogen and oxygen atoms in total. The largest absolute Gasteiger partial charge is 0.362 e. The van der Waals surface area contributed by atoms with Crippen molar-refractivity contribution < 1.29 is 9.32 Å². The van der Waals surface area contributed by atoms with Crippen LogP contribution in [-0.2, 0) is 9.32 Å². The molecular formula is C25H42IO2P. The van der Waals surface area contributed by atoms with Gasteiger partial charge < -0.3 is 4.52 Å². The normalized spacial score (nSPS) is 50.6. The van der Waals surface area contributed by atoms with Gasteiger partial charge in [-0.2, -0.15) is 0 Å². The van der Waals surface area contributed by atoms with E-state index < -0.39 is 0 Å². The minimum Gasteiger partial charge on any atom is -0.362 e. The molecule has 4 rings (SSSR count). The van der Waals surface area contributed by atoms with Crippen LogP contribution in [0.5, 0.6) is 0 Å². The van der Waals surface area contributed by atoms with E-state index in [4.69, 9.17) is 4.52 Å². The molecule has 4 heteroatoms. The summed E-state index contributed by atoms with van der Waals surface area (Å²) in [5.41, 5.74) is 0.732. The summed E-state index contributed by atoms with van der Waals surface area (Å²) in [5, 5.41) is 0. The molecule has 4 fully saturated rings. The molecule has 0 aromatic rings. The topological polar surface area (TPSA) is 26.3 Å². The number of rotatable bonds is 5. The fraction of sp³-hybridized carbons (Fsp3) is 0.960. The standard InChI is InChI=1S/C25H42IO2P/c1-5-17-21-14-16(28-29)8-11-25(21,4)20-9-12-24(3)18(15(2)10-13-26)6-7-19(24)22(20)23(17)27/h15-22H,5-14,29H2,1-4H3/t15-,16-,17-,18?,19?,20?,21?,22?,24-,25-/m1/s1. The van der Waals surface area contributed by atoms with Gasteiger partial charge in [0.25, 0.3) is 0 Å². The summed E-state index contributed by atoms with van der Waals surface area (Å²) in [7, 11) is 2.49. The fourth-order valence-corrected chi connectivity index (χ4v) is 10.3. The predicted molar refractivity (Wildman–Crippen MR) is 132 cm³/mol. The maximum atomic E-state index is 14.0. The highest BCUT2D eigenvalue weighted by Crippen LogP contribution is 2.68. The fourth-order valence-electron chi connectivity index (χ4n) is 9.09. The Morgan fingerprint density at radius 3 is 2.45 bits per heavy atom. The van der Waals surface area contributed by atoms with E-state index in [1.807, 2.05) is 0 Å². The minimum atomic E-state index is 0.261. The van der Waals surface area contributed by atoms with Gasteiger partial charge in [0.1, 0.15) is 5.78 Å². The van der Waals surface area contributed by atoms with Gasteiger partial charge in [0.05, 0.1) is 6.10 Å². The third-order valence-corrected chi connectivity index (χ3v) is 11.6. The zero-order valence-electron chi connectivity index (χ0n) is 19.0. The molecule has 0 N–H and O–H groups in total. The zero-order chi connectivity index (χ0) is 21.0. The summed E-state index contributed by atoms with van der Waals surface area (Å²) in [6.45, 7) is 9.90. The number of hydrogen-bond donors (Lipinski definition) is 0. The monoisotopic (exact) mass is 532 g/mol. The van der Waals surface area contributed by atoms with E-state index in [0.717, 1.165) is 24.7 Å². The number of Topliss-reactive ketones (excluding diaryl/α,β-unsaturated/α-hetero) is 1. The second-order valence-electron chi connectivity index (χ2n) is 11.5. The summed E-state index contributed by atoms with van der Waals surface area (Å²) in [6.07, 6.45) is 11.5. The Hall–Kier alpha value is 0.790. The molecule has 0 amide bonds. The highest BCUT2D eigenvalue weighted by molar-refractivity contribution is 14.1.